The number of hydrogen-bond acceptors (Lipinski definition) is 5. The van der Waals surface area contributed by atoms with Crippen molar-refractivity contribution in [1.29, 1.82) is 0 Å². The molecule has 1 unspecified atom stereocenters. The zero-order valence-corrected chi connectivity index (χ0v) is 19.4. The van der Waals surface area contributed by atoms with Gasteiger partial charge in [-0.25, -0.2) is 8.42 Å². The number of amides is 1. The van der Waals surface area contributed by atoms with Crippen LogP contribution in [0.25, 0.3) is 0 Å². The molecule has 0 bridgehead atoms. The number of anilines is 1. The van der Waals surface area contributed by atoms with Gasteiger partial charge in [-0.2, -0.15) is 0 Å². The third-order valence-electron chi connectivity index (χ3n) is 4.75. The highest BCUT2D eigenvalue weighted by molar-refractivity contribution is 7.92. The summed E-state index contributed by atoms with van der Waals surface area (Å²) in [5, 5.41) is 2.85. The van der Waals surface area contributed by atoms with Gasteiger partial charge in [0.1, 0.15) is 17.5 Å². The summed E-state index contributed by atoms with van der Waals surface area (Å²) in [7, 11) is -2.17. The third kappa shape index (κ3) is 7.17. The Morgan fingerprint density at radius 3 is 2.58 bits per heavy atom. The van der Waals surface area contributed by atoms with E-state index in [0.29, 0.717) is 31.0 Å². The van der Waals surface area contributed by atoms with Crippen LogP contribution >= 0.6 is 0 Å². The van der Waals surface area contributed by atoms with E-state index >= 15 is 0 Å². The molecule has 0 saturated carbocycles. The average molecular weight is 449 g/mol. The Bertz CT molecular complexity index is 962. The Kier molecular flexibility index (Phi) is 9.18. The van der Waals surface area contributed by atoms with Gasteiger partial charge in [0, 0.05) is 12.6 Å². The van der Waals surface area contributed by atoms with Crippen molar-refractivity contribution in [3.63, 3.8) is 0 Å². The monoisotopic (exact) mass is 448 g/mol. The molecule has 0 aliphatic heterocycles. The van der Waals surface area contributed by atoms with Gasteiger partial charge < -0.3 is 14.8 Å². The number of aryl methyl sites for hydroxylation is 1. The lowest BCUT2D eigenvalue weighted by Gasteiger charge is -2.28. The van der Waals surface area contributed by atoms with E-state index in [9.17, 15) is 13.2 Å². The summed E-state index contributed by atoms with van der Waals surface area (Å²) in [6, 6.07) is 13.6. The van der Waals surface area contributed by atoms with Crippen LogP contribution in [0.4, 0.5) is 5.69 Å². The van der Waals surface area contributed by atoms with Crippen molar-refractivity contribution < 1.29 is 22.7 Å². The number of rotatable bonds is 12. The molecule has 0 aromatic heterocycles. The van der Waals surface area contributed by atoms with Crippen LogP contribution in [-0.4, -0.2) is 46.9 Å². The van der Waals surface area contributed by atoms with Gasteiger partial charge in [0.05, 0.1) is 25.7 Å². The van der Waals surface area contributed by atoms with Crippen LogP contribution in [-0.2, 0) is 21.2 Å². The molecule has 0 fully saturated rings. The number of carbonyl (C=O) groups excluding carboxylic acids is 1. The van der Waals surface area contributed by atoms with Crippen LogP contribution in [0, 0.1) is 0 Å². The smallest absolute Gasteiger partial charge is 0.243 e. The molecule has 0 heterocycles. The lowest BCUT2D eigenvalue weighted by atomic mass is 10.1. The molecular weight excluding hydrogens is 416 g/mol. The molecule has 1 atom stereocenters. The molecule has 2 aromatic carbocycles. The molecule has 170 valence electrons. The fourth-order valence-corrected chi connectivity index (χ4v) is 4.42. The molecule has 31 heavy (non-hydrogen) atoms. The molecule has 8 heteroatoms. The number of benzene rings is 2. The van der Waals surface area contributed by atoms with Crippen molar-refractivity contribution >= 4 is 21.6 Å². The summed E-state index contributed by atoms with van der Waals surface area (Å²) in [4.78, 5) is 12.7. The minimum absolute atomic E-state index is 0.358. The standard InChI is InChI=1S/C23H32N2O5S/c1-5-16-30-22-14-7-6-10-19(22)11-9-15-24-23(26)18(2)25(31(4,27)28)20-12-8-13-21(17-20)29-3/h6-8,10,12-14,17-18H,5,9,11,15-16H2,1-4H3,(H,24,26). The molecule has 7 nitrogen and oxygen atoms in total. The predicted molar refractivity (Wildman–Crippen MR) is 123 cm³/mol. The van der Waals surface area contributed by atoms with E-state index in [0.717, 1.165) is 34.7 Å². The topological polar surface area (TPSA) is 84.9 Å². The minimum Gasteiger partial charge on any atom is -0.497 e. The van der Waals surface area contributed by atoms with Crippen molar-refractivity contribution in [2.75, 3.05) is 30.8 Å². The third-order valence-corrected chi connectivity index (χ3v) is 5.99. The molecule has 0 saturated heterocycles. The van der Waals surface area contributed by atoms with E-state index in [1.54, 1.807) is 31.2 Å². The minimum atomic E-state index is -3.67. The lowest BCUT2D eigenvalue weighted by Crippen LogP contribution is -2.48. The number of ether oxygens (including phenoxy) is 2. The van der Waals surface area contributed by atoms with Crippen molar-refractivity contribution in [2.24, 2.45) is 0 Å². The fourth-order valence-electron chi connectivity index (χ4n) is 3.26. The van der Waals surface area contributed by atoms with Crippen LogP contribution in [0.3, 0.4) is 0 Å². The Morgan fingerprint density at radius 2 is 1.90 bits per heavy atom. The predicted octanol–water partition coefficient (Wildman–Crippen LogP) is 3.39. The largest absolute Gasteiger partial charge is 0.497 e. The first-order valence-corrected chi connectivity index (χ1v) is 12.2. The van der Waals surface area contributed by atoms with Crippen LogP contribution in [0.5, 0.6) is 11.5 Å². The maximum Gasteiger partial charge on any atom is 0.243 e. The van der Waals surface area contributed by atoms with Gasteiger partial charge in [-0.3, -0.25) is 9.10 Å². The molecule has 0 aliphatic carbocycles. The SMILES string of the molecule is CCCOc1ccccc1CCCNC(=O)C(C)N(c1cccc(OC)c1)S(C)(=O)=O. The summed E-state index contributed by atoms with van der Waals surface area (Å²) in [5.74, 6) is 1.02. The van der Waals surface area contributed by atoms with E-state index in [1.165, 1.54) is 7.11 Å². The number of para-hydroxylation sites is 1. The molecular formula is C23H32N2O5S. The first-order chi connectivity index (χ1) is 14.8. The normalized spacial score (nSPS) is 12.1. The number of nitrogens with one attached hydrogen (secondary N) is 1. The van der Waals surface area contributed by atoms with E-state index in [2.05, 4.69) is 12.2 Å². The van der Waals surface area contributed by atoms with Gasteiger partial charge >= 0.3 is 0 Å². The zero-order valence-electron chi connectivity index (χ0n) is 18.6. The van der Waals surface area contributed by atoms with Crippen molar-refractivity contribution in [1.82, 2.24) is 5.32 Å². The maximum absolute atomic E-state index is 12.7. The van der Waals surface area contributed by atoms with Gasteiger partial charge in [0.25, 0.3) is 0 Å². The van der Waals surface area contributed by atoms with E-state index in [-0.39, 0.29) is 5.91 Å². The van der Waals surface area contributed by atoms with Crippen molar-refractivity contribution in [2.45, 2.75) is 39.2 Å². The number of hydrogen-bond donors (Lipinski definition) is 1. The van der Waals surface area contributed by atoms with Gasteiger partial charge in [-0.05, 0) is 49.9 Å². The molecule has 0 spiro atoms. The van der Waals surface area contributed by atoms with Gasteiger partial charge in [0.2, 0.25) is 15.9 Å². The Hall–Kier alpha value is -2.74. The van der Waals surface area contributed by atoms with Crippen LogP contribution < -0.4 is 19.1 Å². The number of sulfonamides is 1. The second-order valence-electron chi connectivity index (χ2n) is 7.29. The second-order valence-corrected chi connectivity index (χ2v) is 9.15. The van der Waals surface area contributed by atoms with Crippen LogP contribution in [0.2, 0.25) is 0 Å². The number of nitrogens with zero attached hydrogens (tertiary/aromatic N) is 1. The molecule has 2 aromatic rings. The lowest BCUT2D eigenvalue weighted by molar-refractivity contribution is -0.121. The van der Waals surface area contributed by atoms with Gasteiger partial charge in [-0.1, -0.05) is 31.2 Å². The first-order valence-electron chi connectivity index (χ1n) is 10.4. The molecule has 0 radical (unpaired) electrons. The quantitative estimate of drug-likeness (QED) is 0.503. The van der Waals surface area contributed by atoms with E-state index in [4.69, 9.17) is 9.47 Å². The summed E-state index contributed by atoms with van der Waals surface area (Å²) in [6.45, 7) is 4.73. The Labute approximate surface area is 185 Å². The van der Waals surface area contributed by atoms with Crippen LogP contribution in [0.15, 0.2) is 48.5 Å². The second kappa shape index (κ2) is 11.6. The highest BCUT2D eigenvalue weighted by Gasteiger charge is 2.29. The zero-order chi connectivity index (χ0) is 22.9. The summed E-state index contributed by atoms with van der Waals surface area (Å²) in [5.41, 5.74) is 1.47. The summed E-state index contributed by atoms with van der Waals surface area (Å²) in [6.07, 6.45) is 3.49. The Morgan fingerprint density at radius 1 is 1.16 bits per heavy atom. The fraction of sp³-hybridized carbons (Fsp3) is 0.435. The molecule has 0 aliphatic rings. The summed E-state index contributed by atoms with van der Waals surface area (Å²) >= 11 is 0. The molecule has 2 rings (SSSR count). The van der Waals surface area contributed by atoms with Gasteiger partial charge in [-0.15, -0.1) is 0 Å². The summed E-state index contributed by atoms with van der Waals surface area (Å²) < 4.78 is 36.9. The molecule has 1 N–H and O–H groups in total. The molecule has 1 amide bonds. The van der Waals surface area contributed by atoms with Crippen LogP contribution in [0.1, 0.15) is 32.3 Å². The maximum atomic E-state index is 12.7. The highest BCUT2D eigenvalue weighted by atomic mass is 32.2. The van der Waals surface area contributed by atoms with Crippen molar-refractivity contribution in [3.05, 3.63) is 54.1 Å². The van der Waals surface area contributed by atoms with Crippen molar-refractivity contribution in [3.8, 4) is 11.5 Å². The Balaban J connectivity index is 1.99. The van der Waals surface area contributed by atoms with E-state index in [1.807, 2.05) is 24.3 Å². The highest BCUT2D eigenvalue weighted by Crippen LogP contribution is 2.25. The number of methoxy groups -OCH3 is 1. The first kappa shape index (κ1) is 24.5. The van der Waals surface area contributed by atoms with E-state index < -0.39 is 16.1 Å². The number of carbonyl (C=O) groups is 1. The average Bonchev–Trinajstić information content (AvgIpc) is 2.75. The van der Waals surface area contributed by atoms with Gasteiger partial charge in [0.15, 0.2) is 0 Å².